The van der Waals surface area contributed by atoms with E-state index in [2.05, 4.69) is 5.32 Å². The molecule has 2 aromatic rings. The third kappa shape index (κ3) is 3.77. The topological polar surface area (TPSA) is 122 Å². The number of hydrogen-bond acceptors (Lipinski definition) is 7. The van der Waals surface area contributed by atoms with E-state index in [-0.39, 0.29) is 41.2 Å². The van der Waals surface area contributed by atoms with Crippen LogP contribution in [0, 0.1) is 0 Å². The molecule has 2 heterocycles. The summed E-state index contributed by atoms with van der Waals surface area (Å²) in [6.45, 7) is 1.15. The largest absolute Gasteiger partial charge is 0.547 e. The summed E-state index contributed by atoms with van der Waals surface area (Å²) in [5, 5.41) is 12.9. The van der Waals surface area contributed by atoms with Crippen LogP contribution in [0.25, 0.3) is 0 Å². The van der Waals surface area contributed by atoms with Crippen LogP contribution in [0.3, 0.4) is 0 Å². The number of nitrogens with one attached hydrogen (secondary N) is 1. The van der Waals surface area contributed by atoms with Gasteiger partial charge in [0.15, 0.2) is 6.73 Å². The molecule has 4 rings (SSSR count). The quantitative estimate of drug-likeness (QED) is 0.418. The first kappa shape index (κ1) is 20.6. The Bertz CT molecular complexity index is 1050. The van der Waals surface area contributed by atoms with E-state index in [0.29, 0.717) is 5.56 Å². The fourth-order valence-electron chi connectivity index (χ4n) is 3.57. The molecule has 0 aromatic heterocycles. The number of para-hydroxylation sites is 1. The molecular formula is C21H19BN2O7. The molecule has 0 radical (unpaired) electrons. The van der Waals surface area contributed by atoms with Gasteiger partial charge in [0.05, 0.1) is 17.1 Å². The van der Waals surface area contributed by atoms with Crippen LogP contribution in [-0.2, 0) is 16.0 Å². The van der Waals surface area contributed by atoms with Gasteiger partial charge in [0.1, 0.15) is 11.3 Å². The number of nitrogens with zero attached hydrogens (tertiary/aromatic N) is 1. The highest BCUT2D eigenvalue weighted by Gasteiger charge is 2.39. The van der Waals surface area contributed by atoms with Crippen molar-refractivity contribution in [3.8, 4) is 5.75 Å². The van der Waals surface area contributed by atoms with Crippen molar-refractivity contribution >= 4 is 30.8 Å². The summed E-state index contributed by atoms with van der Waals surface area (Å²) in [4.78, 5) is 50.0. The minimum absolute atomic E-state index is 0.0495. The standard InChI is InChI=1S/C21H19BN2O7/c1-2-17(25)23-16-10-12-6-5-9-15(18(12)31-22(16)29)21(28)30-11-24-19(26)13-7-3-4-8-14(13)20(24)27/h3-9,16,29H,2,10-11H2,1H3,(H,23,25)/t16-/m0/s1. The molecule has 10 heteroatoms. The number of imide groups is 1. The summed E-state index contributed by atoms with van der Waals surface area (Å²) in [6, 6.07) is 11.2. The number of ether oxygens (including phenoxy) is 1. The summed E-state index contributed by atoms with van der Waals surface area (Å²) in [6.07, 6.45) is 0.530. The van der Waals surface area contributed by atoms with Crippen LogP contribution in [0.5, 0.6) is 5.75 Å². The first-order valence-electron chi connectivity index (χ1n) is 9.79. The third-order valence-electron chi connectivity index (χ3n) is 5.21. The maximum absolute atomic E-state index is 12.7. The Kier molecular flexibility index (Phi) is 5.47. The second-order valence-electron chi connectivity index (χ2n) is 7.18. The van der Waals surface area contributed by atoms with E-state index in [0.717, 1.165) is 4.90 Å². The molecule has 2 aliphatic rings. The monoisotopic (exact) mass is 422 g/mol. The number of hydrogen-bond donors (Lipinski definition) is 2. The summed E-state index contributed by atoms with van der Waals surface area (Å²) in [7, 11) is -1.34. The fourth-order valence-corrected chi connectivity index (χ4v) is 3.57. The summed E-state index contributed by atoms with van der Waals surface area (Å²) in [5.41, 5.74) is 1.18. The molecule has 2 aromatic carbocycles. The van der Waals surface area contributed by atoms with Gasteiger partial charge in [-0.15, -0.1) is 0 Å². The van der Waals surface area contributed by atoms with Gasteiger partial charge in [-0.1, -0.05) is 31.2 Å². The number of amides is 3. The van der Waals surface area contributed by atoms with E-state index < -0.39 is 37.6 Å². The zero-order chi connectivity index (χ0) is 22.1. The predicted octanol–water partition coefficient (Wildman–Crippen LogP) is 0.947. The molecule has 31 heavy (non-hydrogen) atoms. The average Bonchev–Trinajstić information content (AvgIpc) is 3.02. The van der Waals surface area contributed by atoms with Gasteiger partial charge in [0.2, 0.25) is 5.91 Å². The molecule has 0 bridgehead atoms. The molecule has 0 unspecified atom stereocenters. The normalized spacial score (nSPS) is 17.0. The Labute approximate surface area is 178 Å². The molecule has 0 spiro atoms. The Hall–Kier alpha value is -3.66. The van der Waals surface area contributed by atoms with Crippen LogP contribution < -0.4 is 9.97 Å². The van der Waals surface area contributed by atoms with Gasteiger partial charge in [-0.05, 0) is 30.2 Å². The molecule has 9 nitrogen and oxygen atoms in total. The fraction of sp³-hybridized carbons (Fsp3) is 0.238. The lowest BCUT2D eigenvalue weighted by Gasteiger charge is -2.29. The highest BCUT2D eigenvalue weighted by Crippen LogP contribution is 2.31. The van der Waals surface area contributed by atoms with Crippen LogP contribution in [0.1, 0.15) is 50.0 Å². The first-order valence-corrected chi connectivity index (χ1v) is 9.79. The molecule has 1 atom stereocenters. The highest BCUT2D eigenvalue weighted by molar-refractivity contribution is 6.47. The molecule has 0 fully saturated rings. The second-order valence-corrected chi connectivity index (χ2v) is 7.18. The molecule has 2 N–H and O–H groups in total. The van der Waals surface area contributed by atoms with Gasteiger partial charge in [-0.2, -0.15) is 0 Å². The SMILES string of the molecule is CCC(=O)N[C@H]1Cc2cccc(C(=O)OCN3C(=O)c4ccccc4C3=O)c2OB1O. The third-order valence-corrected chi connectivity index (χ3v) is 5.21. The Morgan fingerprint density at radius 3 is 2.48 bits per heavy atom. The number of esters is 1. The van der Waals surface area contributed by atoms with Gasteiger partial charge >= 0.3 is 13.1 Å². The van der Waals surface area contributed by atoms with Gasteiger partial charge in [0, 0.05) is 6.42 Å². The minimum atomic E-state index is -1.34. The summed E-state index contributed by atoms with van der Waals surface area (Å²) in [5.74, 6) is -2.62. The molecule has 0 saturated carbocycles. The van der Waals surface area contributed by atoms with E-state index in [4.69, 9.17) is 9.39 Å². The van der Waals surface area contributed by atoms with E-state index in [1.165, 1.54) is 18.2 Å². The van der Waals surface area contributed by atoms with Crippen molar-refractivity contribution in [3.05, 3.63) is 64.7 Å². The van der Waals surface area contributed by atoms with Crippen LogP contribution >= 0.6 is 0 Å². The molecule has 158 valence electrons. The van der Waals surface area contributed by atoms with Gasteiger partial charge < -0.3 is 19.7 Å². The molecular weight excluding hydrogens is 403 g/mol. The van der Waals surface area contributed by atoms with Crippen molar-refractivity contribution in [2.24, 2.45) is 0 Å². The van der Waals surface area contributed by atoms with Crippen molar-refractivity contribution in [1.29, 1.82) is 0 Å². The summed E-state index contributed by atoms with van der Waals surface area (Å²) >= 11 is 0. The Balaban J connectivity index is 1.47. The predicted molar refractivity (Wildman–Crippen MR) is 108 cm³/mol. The maximum Gasteiger partial charge on any atom is 0.547 e. The van der Waals surface area contributed by atoms with Crippen LogP contribution in [-0.4, -0.2) is 53.4 Å². The molecule has 0 saturated heterocycles. The first-order chi connectivity index (χ1) is 14.9. The molecule has 0 aliphatic carbocycles. The van der Waals surface area contributed by atoms with E-state index in [9.17, 15) is 24.2 Å². The van der Waals surface area contributed by atoms with E-state index in [1.807, 2.05) is 0 Å². The number of benzene rings is 2. The van der Waals surface area contributed by atoms with Crippen molar-refractivity contribution in [1.82, 2.24) is 10.2 Å². The number of carbonyl (C=O) groups excluding carboxylic acids is 4. The lowest BCUT2D eigenvalue weighted by molar-refractivity contribution is -0.121. The lowest BCUT2D eigenvalue weighted by atomic mass is 9.72. The van der Waals surface area contributed by atoms with Gasteiger partial charge in [0.25, 0.3) is 11.8 Å². The van der Waals surface area contributed by atoms with E-state index >= 15 is 0 Å². The van der Waals surface area contributed by atoms with Crippen LogP contribution in [0.2, 0.25) is 0 Å². The van der Waals surface area contributed by atoms with E-state index in [1.54, 1.807) is 31.2 Å². The van der Waals surface area contributed by atoms with Crippen molar-refractivity contribution in [2.45, 2.75) is 25.7 Å². The van der Waals surface area contributed by atoms with Crippen LogP contribution in [0.4, 0.5) is 0 Å². The average molecular weight is 422 g/mol. The summed E-state index contributed by atoms with van der Waals surface area (Å²) < 4.78 is 10.7. The number of fused-ring (bicyclic) bond motifs is 2. The second kappa shape index (κ2) is 8.23. The van der Waals surface area contributed by atoms with Crippen molar-refractivity contribution < 1.29 is 33.6 Å². The number of rotatable bonds is 5. The Morgan fingerprint density at radius 1 is 1.16 bits per heavy atom. The zero-order valence-corrected chi connectivity index (χ0v) is 16.7. The van der Waals surface area contributed by atoms with Gasteiger partial charge in [-0.3, -0.25) is 14.4 Å². The molecule has 2 aliphatic heterocycles. The number of carbonyl (C=O) groups is 4. The smallest absolute Gasteiger partial charge is 0.534 e. The maximum atomic E-state index is 12.7. The van der Waals surface area contributed by atoms with Crippen molar-refractivity contribution in [3.63, 3.8) is 0 Å². The highest BCUT2D eigenvalue weighted by atomic mass is 16.6. The minimum Gasteiger partial charge on any atom is -0.534 e. The molecule has 3 amide bonds. The van der Waals surface area contributed by atoms with Crippen molar-refractivity contribution in [2.75, 3.05) is 6.73 Å². The zero-order valence-electron chi connectivity index (χ0n) is 16.7. The van der Waals surface area contributed by atoms with Gasteiger partial charge in [-0.25, -0.2) is 9.69 Å². The lowest BCUT2D eigenvalue weighted by Crippen LogP contribution is -2.53. The van der Waals surface area contributed by atoms with Crippen LogP contribution in [0.15, 0.2) is 42.5 Å². The Morgan fingerprint density at radius 2 is 1.84 bits per heavy atom.